The monoisotopic (exact) mass is 258 g/mol. The minimum atomic E-state index is -0.473. The lowest BCUT2D eigenvalue weighted by Gasteiger charge is -2.09. The number of benzene rings is 2. The Morgan fingerprint density at radius 3 is 2.21 bits per heavy atom. The topological polar surface area (TPSA) is 60.7 Å². The summed E-state index contributed by atoms with van der Waals surface area (Å²) in [5, 5.41) is 28.1. The van der Waals surface area contributed by atoms with Crippen LogP contribution < -0.4 is 0 Å². The van der Waals surface area contributed by atoms with E-state index in [4.69, 9.17) is 5.11 Å². The van der Waals surface area contributed by atoms with Gasteiger partial charge in [0.25, 0.3) is 0 Å². The van der Waals surface area contributed by atoms with E-state index in [1.165, 1.54) is 0 Å². The maximum atomic E-state index is 9.69. The van der Waals surface area contributed by atoms with E-state index < -0.39 is 6.10 Å². The first kappa shape index (κ1) is 13.6. The molecule has 0 saturated heterocycles. The number of aromatic hydroxyl groups is 1. The molecule has 1 unspecified atom stereocenters. The fourth-order valence-corrected chi connectivity index (χ4v) is 2.04. The molecule has 19 heavy (non-hydrogen) atoms. The fourth-order valence-electron chi connectivity index (χ4n) is 2.04. The van der Waals surface area contributed by atoms with Gasteiger partial charge in [0.05, 0.1) is 6.10 Å². The lowest BCUT2D eigenvalue weighted by atomic mass is 9.99. The van der Waals surface area contributed by atoms with Gasteiger partial charge in [-0.1, -0.05) is 30.3 Å². The van der Waals surface area contributed by atoms with Crippen molar-refractivity contribution in [2.45, 2.75) is 19.4 Å². The molecule has 2 aromatic rings. The molecule has 1 atom stereocenters. The van der Waals surface area contributed by atoms with Crippen molar-refractivity contribution in [3.05, 3.63) is 53.6 Å². The van der Waals surface area contributed by atoms with Crippen molar-refractivity contribution >= 4 is 0 Å². The standard InChI is InChI=1S/C16H18O3/c1-11(18)12-2-4-13(5-3-12)14-6-7-16(19)15(10-14)8-9-17/h2-7,10-11,17-19H,8-9H2,1H3. The van der Waals surface area contributed by atoms with Gasteiger partial charge in [-0.25, -0.2) is 0 Å². The molecule has 2 rings (SSSR count). The van der Waals surface area contributed by atoms with E-state index in [1.54, 1.807) is 13.0 Å². The van der Waals surface area contributed by atoms with Crippen molar-refractivity contribution in [2.24, 2.45) is 0 Å². The Morgan fingerprint density at radius 1 is 1.00 bits per heavy atom. The van der Waals surface area contributed by atoms with E-state index in [9.17, 15) is 10.2 Å². The second-order valence-corrected chi connectivity index (χ2v) is 4.62. The summed E-state index contributed by atoms with van der Waals surface area (Å²) >= 11 is 0. The Morgan fingerprint density at radius 2 is 1.63 bits per heavy atom. The van der Waals surface area contributed by atoms with Crippen LogP contribution in [0.25, 0.3) is 11.1 Å². The molecule has 3 N–H and O–H groups in total. The smallest absolute Gasteiger partial charge is 0.118 e. The van der Waals surface area contributed by atoms with Crippen LogP contribution in [0.4, 0.5) is 0 Å². The van der Waals surface area contributed by atoms with Crippen molar-refractivity contribution in [2.75, 3.05) is 6.61 Å². The molecule has 0 radical (unpaired) electrons. The van der Waals surface area contributed by atoms with Crippen LogP contribution in [0.2, 0.25) is 0 Å². The van der Waals surface area contributed by atoms with E-state index >= 15 is 0 Å². The first-order valence-corrected chi connectivity index (χ1v) is 6.33. The van der Waals surface area contributed by atoms with Gasteiger partial charge in [-0.05, 0) is 47.7 Å². The van der Waals surface area contributed by atoms with Gasteiger partial charge in [0.1, 0.15) is 5.75 Å². The number of phenols is 1. The van der Waals surface area contributed by atoms with E-state index in [0.717, 1.165) is 22.3 Å². The molecule has 100 valence electrons. The van der Waals surface area contributed by atoms with E-state index in [1.807, 2.05) is 36.4 Å². The summed E-state index contributed by atoms with van der Waals surface area (Å²) in [6.45, 7) is 1.74. The molecule has 0 aliphatic heterocycles. The van der Waals surface area contributed by atoms with Crippen LogP contribution in [-0.4, -0.2) is 21.9 Å². The minimum absolute atomic E-state index is 0.0119. The summed E-state index contributed by atoms with van der Waals surface area (Å²) in [6.07, 6.45) is -0.0374. The van der Waals surface area contributed by atoms with Gasteiger partial charge in [-0.3, -0.25) is 0 Å². The van der Waals surface area contributed by atoms with Gasteiger partial charge in [-0.15, -0.1) is 0 Å². The van der Waals surface area contributed by atoms with Gasteiger partial charge in [0.2, 0.25) is 0 Å². The molecule has 0 bridgehead atoms. The normalized spacial score (nSPS) is 12.4. The van der Waals surface area contributed by atoms with Gasteiger partial charge in [-0.2, -0.15) is 0 Å². The molecule has 3 nitrogen and oxygen atoms in total. The highest BCUT2D eigenvalue weighted by molar-refractivity contribution is 5.66. The minimum Gasteiger partial charge on any atom is -0.508 e. The zero-order valence-corrected chi connectivity index (χ0v) is 10.9. The average molecular weight is 258 g/mol. The van der Waals surface area contributed by atoms with Crippen molar-refractivity contribution < 1.29 is 15.3 Å². The summed E-state index contributed by atoms with van der Waals surface area (Å²) in [5.41, 5.74) is 3.61. The van der Waals surface area contributed by atoms with Crippen LogP contribution in [0.3, 0.4) is 0 Å². The Kier molecular flexibility index (Phi) is 4.20. The highest BCUT2D eigenvalue weighted by atomic mass is 16.3. The van der Waals surface area contributed by atoms with Crippen LogP contribution in [0.15, 0.2) is 42.5 Å². The predicted octanol–water partition coefficient (Wildman–Crippen LogP) is 2.65. The molecule has 2 aromatic carbocycles. The predicted molar refractivity (Wildman–Crippen MR) is 75.0 cm³/mol. The fraction of sp³-hybridized carbons (Fsp3) is 0.250. The number of rotatable bonds is 4. The van der Waals surface area contributed by atoms with Gasteiger partial charge in [0, 0.05) is 6.61 Å². The van der Waals surface area contributed by atoms with Gasteiger partial charge in [0.15, 0.2) is 0 Å². The number of hydrogen-bond acceptors (Lipinski definition) is 3. The van der Waals surface area contributed by atoms with E-state index in [-0.39, 0.29) is 12.4 Å². The van der Waals surface area contributed by atoms with Crippen LogP contribution in [0.1, 0.15) is 24.2 Å². The second kappa shape index (κ2) is 5.87. The average Bonchev–Trinajstić information content (AvgIpc) is 2.41. The largest absolute Gasteiger partial charge is 0.508 e. The maximum absolute atomic E-state index is 9.69. The Hall–Kier alpha value is -1.84. The molecule has 0 heterocycles. The highest BCUT2D eigenvalue weighted by Crippen LogP contribution is 2.27. The highest BCUT2D eigenvalue weighted by Gasteiger charge is 2.05. The van der Waals surface area contributed by atoms with Crippen molar-refractivity contribution in [1.82, 2.24) is 0 Å². The molecule has 0 aliphatic rings. The van der Waals surface area contributed by atoms with Crippen molar-refractivity contribution in [3.63, 3.8) is 0 Å². The van der Waals surface area contributed by atoms with Crippen LogP contribution in [-0.2, 0) is 6.42 Å². The third-order valence-corrected chi connectivity index (χ3v) is 3.19. The summed E-state index contributed by atoms with van der Waals surface area (Å²) in [6, 6.07) is 13.0. The van der Waals surface area contributed by atoms with Crippen LogP contribution in [0, 0.1) is 0 Å². The Bertz CT molecular complexity index is 544. The van der Waals surface area contributed by atoms with Gasteiger partial charge < -0.3 is 15.3 Å². The van der Waals surface area contributed by atoms with E-state index in [2.05, 4.69) is 0 Å². The van der Waals surface area contributed by atoms with Crippen LogP contribution in [0.5, 0.6) is 5.75 Å². The Labute approximate surface area is 112 Å². The summed E-state index contributed by atoms with van der Waals surface area (Å²) in [7, 11) is 0. The quantitative estimate of drug-likeness (QED) is 0.790. The molecule has 3 heteroatoms. The molecule has 0 spiro atoms. The molecule has 0 fully saturated rings. The first-order valence-electron chi connectivity index (χ1n) is 6.33. The van der Waals surface area contributed by atoms with Gasteiger partial charge >= 0.3 is 0 Å². The van der Waals surface area contributed by atoms with Crippen LogP contribution >= 0.6 is 0 Å². The van der Waals surface area contributed by atoms with E-state index in [0.29, 0.717) is 6.42 Å². The number of aliphatic hydroxyl groups excluding tert-OH is 2. The molecular formula is C16H18O3. The Balaban J connectivity index is 2.33. The summed E-state index contributed by atoms with van der Waals surface area (Å²) in [4.78, 5) is 0. The van der Waals surface area contributed by atoms with Crippen molar-refractivity contribution in [1.29, 1.82) is 0 Å². The second-order valence-electron chi connectivity index (χ2n) is 4.62. The molecule has 0 saturated carbocycles. The zero-order chi connectivity index (χ0) is 13.8. The van der Waals surface area contributed by atoms with Crippen molar-refractivity contribution in [3.8, 4) is 16.9 Å². The number of phenolic OH excluding ortho intramolecular Hbond substituents is 1. The molecular weight excluding hydrogens is 240 g/mol. The summed E-state index contributed by atoms with van der Waals surface area (Å²) < 4.78 is 0. The number of aliphatic hydroxyl groups is 2. The number of hydrogen-bond donors (Lipinski definition) is 3. The molecule has 0 amide bonds. The summed E-state index contributed by atoms with van der Waals surface area (Å²) in [5.74, 6) is 0.207. The molecule has 0 aliphatic carbocycles. The third-order valence-electron chi connectivity index (χ3n) is 3.19. The SMILES string of the molecule is CC(O)c1ccc(-c2ccc(O)c(CCO)c2)cc1. The maximum Gasteiger partial charge on any atom is 0.118 e. The third kappa shape index (κ3) is 3.13. The lowest BCUT2D eigenvalue weighted by Crippen LogP contribution is -1.93. The molecule has 0 aromatic heterocycles. The first-order chi connectivity index (χ1) is 9.11. The lowest BCUT2D eigenvalue weighted by molar-refractivity contribution is 0.199. The zero-order valence-electron chi connectivity index (χ0n) is 10.9.